The highest BCUT2D eigenvalue weighted by Crippen LogP contribution is 2.55. The normalized spacial score (nSPS) is 28.2. The summed E-state index contributed by atoms with van der Waals surface area (Å²) >= 11 is 1.06. The number of hydrogen-bond acceptors (Lipinski definition) is 6. The molecular weight excluding hydrogens is 262 g/mol. The van der Waals surface area contributed by atoms with Crippen molar-refractivity contribution in [3.63, 3.8) is 0 Å². The molecule has 2 aliphatic rings. The Kier molecular flexibility index (Phi) is 2.23. The molecule has 0 radical (unpaired) electrons. The molecule has 2 heterocycles. The van der Waals surface area contributed by atoms with Gasteiger partial charge in [0.2, 0.25) is 0 Å². The van der Waals surface area contributed by atoms with Crippen molar-refractivity contribution in [3.8, 4) is 0 Å². The third kappa shape index (κ3) is 1.30. The van der Waals surface area contributed by atoms with E-state index in [0.717, 1.165) is 22.3 Å². The third-order valence-corrected chi connectivity index (χ3v) is 6.30. The molecule has 0 aromatic heterocycles. The van der Waals surface area contributed by atoms with E-state index >= 15 is 0 Å². The van der Waals surface area contributed by atoms with Crippen LogP contribution in [0.1, 0.15) is 0 Å². The van der Waals surface area contributed by atoms with Gasteiger partial charge in [-0.25, -0.2) is 0 Å². The number of fused-ring (bicyclic) bond motifs is 3. The van der Waals surface area contributed by atoms with Crippen molar-refractivity contribution in [1.29, 1.82) is 0 Å². The van der Waals surface area contributed by atoms with Gasteiger partial charge >= 0.3 is 10.1 Å². The SMILES string of the molecule is NN1CCN2c3ccccc3SC12S(=O)(=O)O. The summed E-state index contributed by atoms with van der Waals surface area (Å²) in [7, 11) is -4.33. The minimum Gasteiger partial charge on any atom is -0.326 e. The number of anilines is 1. The van der Waals surface area contributed by atoms with Crippen LogP contribution in [0.2, 0.25) is 0 Å². The molecule has 1 aromatic rings. The lowest BCUT2D eigenvalue weighted by Gasteiger charge is -2.32. The first kappa shape index (κ1) is 11.3. The van der Waals surface area contributed by atoms with Crippen molar-refractivity contribution < 1.29 is 13.0 Å². The molecule has 6 nitrogen and oxygen atoms in total. The number of nitrogens with two attached hydrogens (primary N) is 1. The van der Waals surface area contributed by atoms with Gasteiger partial charge in [0.15, 0.2) is 0 Å². The zero-order valence-corrected chi connectivity index (χ0v) is 10.4. The van der Waals surface area contributed by atoms with E-state index in [-0.39, 0.29) is 0 Å². The summed E-state index contributed by atoms with van der Waals surface area (Å²) in [6, 6.07) is 7.30. The smallest absolute Gasteiger partial charge is 0.315 e. The predicted molar refractivity (Wildman–Crippen MR) is 64.8 cm³/mol. The summed E-state index contributed by atoms with van der Waals surface area (Å²) in [6.07, 6.45) is 0. The van der Waals surface area contributed by atoms with Gasteiger partial charge in [0, 0.05) is 18.0 Å². The van der Waals surface area contributed by atoms with E-state index in [0.29, 0.717) is 13.1 Å². The first-order valence-corrected chi connectivity index (χ1v) is 7.27. The average Bonchev–Trinajstić information content (AvgIpc) is 2.75. The van der Waals surface area contributed by atoms with E-state index in [9.17, 15) is 13.0 Å². The molecule has 1 unspecified atom stereocenters. The molecule has 0 aliphatic carbocycles. The Balaban J connectivity index is 2.22. The molecule has 3 N–H and O–H groups in total. The zero-order valence-electron chi connectivity index (χ0n) is 8.78. The number of benzene rings is 1. The summed E-state index contributed by atoms with van der Waals surface area (Å²) in [5, 5.41) is 1.17. The molecule has 1 saturated heterocycles. The minimum atomic E-state index is -4.33. The second-order valence-electron chi connectivity index (χ2n) is 3.94. The molecule has 2 aliphatic heterocycles. The van der Waals surface area contributed by atoms with Gasteiger partial charge < -0.3 is 4.90 Å². The van der Waals surface area contributed by atoms with Gasteiger partial charge in [-0.05, 0) is 12.1 Å². The standard InChI is InChI=1S/C9H11N3O3S2/c10-12-6-5-11-7-3-1-2-4-8(7)16-9(11,12)17(13,14)15/h1-4H,5-6,10H2,(H,13,14,15). The summed E-state index contributed by atoms with van der Waals surface area (Å²) in [5.74, 6) is 5.75. The van der Waals surface area contributed by atoms with Crippen LogP contribution in [0, 0.1) is 0 Å². The lowest BCUT2D eigenvalue weighted by Crippen LogP contribution is -2.57. The van der Waals surface area contributed by atoms with E-state index in [1.165, 1.54) is 5.01 Å². The van der Waals surface area contributed by atoms with E-state index in [4.69, 9.17) is 5.84 Å². The Morgan fingerprint density at radius 3 is 2.76 bits per heavy atom. The fourth-order valence-corrected chi connectivity index (χ4v) is 5.05. The second kappa shape index (κ2) is 3.36. The van der Waals surface area contributed by atoms with Crippen LogP contribution in [0.4, 0.5) is 5.69 Å². The summed E-state index contributed by atoms with van der Waals surface area (Å²) in [6.45, 7) is 0.863. The van der Waals surface area contributed by atoms with Crippen molar-refractivity contribution in [2.45, 2.75) is 9.22 Å². The molecule has 0 spiro atoms. The number of hydrazine groups is 1. The molecule has 1 aromatic carbocycles. The minimum absolute atomic E-state index is 0.390. The number of rotatable bonds is 1. The monoisotopic (exact) mass is 273 g/mol. The van der Waals surface area contributed by atoms with Gasteiger partial charge in [0.05, 0.1) is 5.69 Å². The number of hydrogen-bond donors (Lipinski definition) is 2. The summed E-state index contributed by atoms with van der Waals surface area (Å²) in [5.41, 5.74) is 0.795. The van der Waals surface area contributed by atoms with Crippen molar-refractivity contribution in [2.75, 3.05) is 18.0 Å². The Hall–Kier alpha value is -0.800. The highest BCUT2D eigenvalue weighted by Gasteiger charge is 2.61. The van der Waals surface area contributed by atoms with Crippen LogP contribution in [0.3, 0.4) is 0 Å². The molecule has 1 fully saturated rings. The Labute approximate surface area is 103 Å². The maximum atomic E-state index is 11.7. The average molecular weight is 273 g/mol. The number of thioether (sulfide) groups is 1. The number of nitrogens with zero attached hydrogens (tertiary/aromatic N) is 2. The lowest BCUT2D eigenvalue weighted by molar-refractivity contribution is 0.281. The van der Waals surface area contributed by atoms with Crippen LogP contribution in [0.15, 0.2) is 29.2 Å². The highest BCUT2D eigenvalue weighted by molar-refractivity contribution is 8.13. The van der Waals surface area contributed by atoms with Gasteiger partial charge in [-0.1, -0.05) is 23.9 Å². The molecular formula is C9H11N3O3S2. The van der Waals surface area contributed by atoms with E-state index < -0.39 is 14.4 Å². The van der Waals surface area contributed by atoms with Crippen molar-refractivity contribution in [1.82, 2.24) is 5.01 Å². The highest BCUT2D eigenvalue weighted by atomic mass is 32.3. The molecule has 8 heteroatoms. The van der Waals surface area contributed by atoms with E-state index in [1.807, 2.05) is 24.3 Å². The number of para-hydroxylation sites is 1. The van der Waals surface area contributed by atoms with Gasteiger partial charge in [0.25, 0.3) is 4.33 Å². The Morgan fingerprint density at radius 2 is 2.06 bits per heavy atom. The summed E-state index contributed by atoms with van der Waals surface area (Å²) in [4.78, 5) is 2.43. The van der Waals surface area contributed by atoms with Crippen LogP contribution in [-0.4, -0.2) is 35.4 Å². The fraction of sp³-hybridized carbons (Fsp3) is 0.333. The predicted octanol–water partition coefficient (Wildman–Crippen LogP) is 0.287. The third-order valence-electron chi connectivity index (χ3n) is 3.00. The maximum Gasteiger partial charge on any atom is 0.315 e. The van der Waals surface area contributed by atoms with E-state index in [1.54, 1.807) is 4.90 Å². The van der Waals surface area contributed by atoms with Gasteiger partial charge in [-0.3, -0.25) is 10.4 Å². The van der Waals surface area contributed by atoms with Crippen molar-refractivity contribution >= 4 is 27.6 Å². The summed E-state index contributed by atoms with van der Waals surface area (Å²) < 4.78 is 31.3. The maximum absolute atomic E-state index is 11.7. The van der Waals surface area contributed by atoms with Gasteiger partial charge in [0.1, 0.15) is 0 Å². The molecule has 17 heavy (non-hydrogen) atoms. The molecule has 92 valence electrons. The molecule has 3 rings (SSSR count). The van der Waals surface area contributed by atoms with Crippen LogP contribution < -0.4 is 10.7 Å². The van der Waals surface area contributed by atoms with Crippen molar-refractivity contribution in [3.05, 3.63) is 24.3 Å². The molecule has 0 bridgehead atoms. The quantitative estimate of drug-likeness (QED) is 0.561. The zero-order chi connectivity index (χ0) is 12.3. The van der Waals surface area contributed by atoms with Gasteiger partial charge in [-0.15, -0.1) is 0 Å². The topological polar surface area (TPSA) is 86.9 Å². The molecule has 1 atom stereocenters. The van der Waals surface area contributed by atoms with E-state index in [2.05, 4.69) is 0 Å². The first-order valence-electron chi connectivity index (χ1n) is 5.02. The fourth-order valence-electron chi connectivity index (χ4n) is 2.28. The van der Waals surface area contributed by atoms with Crippen LogP contribution in [-0.2, 0) is 10.1 Å². The Bertz CT molecular complexity index is 577. The second-order valence-corrected chi connectivity index (χ2v) is 6.93. The van der Waals surface area contributed by atoms with Gasteiger partial charge in [-0.2, -0.15) is 13.4 Å². The lowest BCUT2D eigenvalue weighted by atomic mass is 10.3. The van der Waals surface area contributed by atoms with Crippen LogP contribution >= 0.6 is 11.8 Å². The Morgan fingerprint density at radius 1 is 1.35 bits per heavy atom. The molecule has 0 saturated carbocycles. The van der Waals surface area contributed by atoms with Crippen LogP contribution in [0.5, 0.6) is 0 Å². The first-order chi connectivity index (χ1) is 7.97. The molecule has 0 amide bonds. The largest absolute Gasteiger partial charge is 0.326 e. The van der Waals surface area contributed by atoms with Crippen molar-refractivity contribution in [2.24, 2.45) is 5.84 Å². The van der Waals surface area contributed by atoms with Crippen LogP contribution in [0.25, 0.3) is 0 Å².